The van der Waals surface area contributed by atoms with Gasteiger partial charge in [0.15, 0.2) is 6.04 Å². The Hall–Kier alpha value is -2.02. The third-order valence-electron chi connectivity index (χ3n) is 4.51. The number of aliphatic carboxylic acids is 1. The van der Waals surface area contributed by atoms with Crippen molar-refractivity contribution in [2.24, 2.45) is 0 Å². The van der Waals surface area contributed by atoms with E-state index < -0.39 is 35.3 Å². The highest BCUT2D eigenvalue weighted by Gasteiger charge is 2.53. The van der Waals surface area contributed by atoms with Gasteiger partial charge in [-0.25, -0.2) is 13.6 Å². The molecule has 1 amide bonds. The van der Waals surface area contributed by atoms with E-state index in [2.05, 4.69) is 0 Å². The van der Waals surface area contributed by atoms with Gasteiger partial charge in [0.1, 0.15) is 17.4 Å². The Morgan fingerprint density at radius 2 is 1.74 bits per heavy atom. The monoisotopic (exact) mass is 325 g/mol. The lowest BCUT2D eigenvalue weighted by Crippen LogP contribution is -2.54. The molecule has 0 radical (unpaired) electrons. The fourth-order valence-electron chi connectivity index (χ4n) is 3.48. The molecule has 1 N–H and O–H groups in total. The number of carboxylic acid groups (broad SMARTS) is 1. The number of amides is 1. The number of ether oxygens (including phenoxy) is 1. The zero-order valence-electron chi connectivity index (χ0n) is 12.4. The SMILES string of the molecule is O=C(O)C1COC2(CCCCC2)N1C(=O)c1cc(F)cc(F)c1. The van der Waals surface area contributed by atoms with Crippen molar-refractivity contribution >= 4 is 11.9 Å². The number of halogens is 2. The molecule has 1 atom stereocenters. The van der Waals surface area contributed by atoms with E-state index in [9.17, 15) is 23.5 Å². The van der Waals surface area contributed by atoms with Gasteiger partial charge in [0, 0.05) is 11.6 Å². The summed E-state index contributed by atoms with van der Waals surface area (Å²) >= 11 is 0. The third-order valence-corrected chi connectivity index (χ3v) is 4.51. The number of rotatable bonds is 2. The summed E-state index contributed by atoms with van der Waals surface area (Å²) in [6, 6.07) is 1.35. The summed E-state index contributed by atoms with van der Waals surface area (Å²) < 4.78 is 32.5. The molecule has 0 bridgehead atoms. The van der Waals surface area contributed by atoms with E-state index >= 15 is 0 Å². The first kappa shape index (κ1) is 15.9. The molecule has 1 aliphatic carbocycles. The largest absolute Gasteiger partial charge is 0.480 e. The molecule has 1 aromatic rings. The Kier molecular flexibility index (Phi) is 4.06. The molecule has 1 aliphatic heterocycles. The van der Waals surface area contributed by atoms with Crippen LogP contribution in [-0.2, 0) is 9.53 Å². The maximum Gasteiger partial charge on any atom is 0.328 e. The zero-order chi connectivity index (χ0) is 16.6. The van der Waals surface area contributed by atoms with Crippen LogP contribution in [0.15, 0.2) is 18.2 Å². The summed E-state index contributed by atoms with van der Waals surface area (Å²) in [5, 5.41) is 9.38. The van der Waals surface area contributed by atoms with E-state index in [1.54, 1.807) is 0 Å². The predicted molar refractivity (Wildman–Crippen MR) is 75.7 cm³/mol. The second-order valence-corrected chi connectivity index (χ2v) is 6.01. The molecular formula is C16H17F2NO4. The van der Waals surface area contributed by atoms with Crippen molar-refractivity contribution in [3.8, 4) is 0 Å². The number of benzene rings is 1. The van der Waals surface area contributed by atoms with Gasteiger partial charge in [0.25, 0.3) is 5.91 Å². The van der Waals surface area contributed by atoms with Crippen molar-refractivity contribution in [3.05, 3.63) is 35.4 Å². The molecule has 1 spiro atoms. The number of hydrogen-bond acceptors (Lipinski definition) is 3. The molecule has 0 aromatic heterocycles. The molecule has 1 saturated heterocycles. The Morgan fingerprint density at radius 3 is 2.30 bits per heavy atom. The van der Waals surface area contributed by atoms with Crippen LogP contribution >= 0.6 is 0 Å². The van der Waals surface area contributed by atoms with Crippen LogP contribution in [-0.4, -0.2) is 40.3 Å². The lowest BCUT2D eigenvalue weighted by Gasteiger charge is -2.41. The zero-order valence-corrected chi connectivity index (χ0v) is 12.4. The highest BCUT2D eigenvalue weighted by atomic mass is 19.1. The van der Waals surface area contributed by atoms with Gasteiger partial charge in [-0.05, 0) is 37.8 Å². The van der Waals surface area contributed by atoms with Gasteiger partial charge in [-0.15, -0.1) is 0 Å². The molecule has 1 unspecified atom stereocenters. The van der Waals surface area contributed by atoms with Gasteiger partial charge in [-0.2, -0.15) is 0 Å². The summed E-state index contributed by atoms with van der Waals surface area (Å²) in [7, 11) is 0. The maximum atomic E-state index is 13.4. The minimum absolute atomic E-state index is 0.112. The number of carbonyl (C=O) groups excluding carboxylic acids is 1. The van der Waals surface area contributed by atoms with Crippen LogP contribution in [0.5, 0.6) is 0 Å². The first-order valence-electron chi connectivity index (χ1n) is 7.59. The van der Waals surface area contributed by atoms with Crippen molar-refractivity contribution in [2.75, 3.05) is 6.61 Å². The molecule has 2 fully saturated rings. The highest BCUT2D eigenvalue weighted by Crippen LogP contribution is 2.41. The van der Waals surface area contributed by atoms with Crippen molar-refractivity contribution in [2.45, 2.75) is 43.9 Å². The molecule has 1 heterocycles. The molecular weight excluding hydrogens is 308 g/mol. The van der Waals surface area contributed by atoms with E-state index in [0.29, 0.717) is 18.9 Å². The molecule has 2 aliphatic rings. The van der Waals surface area contributed by atoms with Gasteiger partial charge >= 0.3 is 5.97 Å². The van der Waals surface area contributed by atoms with Crippen molar-refractivity contribution in [3.63, 3.8) is 0 Å². The minimum Gasteiger partial charge on any atom is -0.480 e. The lowest BCUT2D eigenvalue weighted by atomic mass is 9.89. The summed E-state index contributed by atoms with van der Waals surface area (Å²) in [5.41, 5.74) is -1.19. The van der Waals surface area contributed by atoms with Crippen molar-refractivity contribution < 1.29 is 28.2 Å². The van der Waals surface area contributed by atoms with Crippen molar-refractivity contribution in [1.82, 2.24) is 4.90 Å². The Bertz CT molecular complexity index is 623. The quantitative estimate of drug-likeness (QED) is 0.907. The fraction of sp³-hybridized carbons (Fsp3) is 0.500. The summed E-state index contributed by atoms with van der Waals surface area (Å²) in [5.74, 6) is -3.65. The number of carbonyl (C=O) groups is 2. The molecule has 5 nitrogen and oxygen atoms in total. The van der Waals surface area contributed by atoms with Gasteiger partial charge in [-0.3, -0.25) is 9.69 Å². The second kappa shape index (κ2) is 5.88. The van der Waals surface area contributed by atoms with Crippen LogP contribution in [0.3, 0.4) is 0 Å². The second-order valence-electron chi connectivity index (χ2n) is 6.01. The molecule has 7 heteroatoms. The standard InChI is InChI=1S/C16H17F2NO4/c17-11-6-10(7-12(18)8-11)14(20)19-13(15(21)22)9-23-16(19)4-2-1-3-5-16/h6-8,13H,1-5,9H2,(H,21,22). The first-order chi connectivity index (χ1) is 10.9. The van der Waals surface area contributed by atoms with E-state index in [-0.39, 0.29) is 12.2 Å². The summed E-state index contributed by atoms with van der Waals surface area (Å²) in [6.07, 6.45) is 3.67. The van der Waals surface area contributed by atoms with Gasteiger partial charge in [0.2, 0.25) is 0 Å². The average Bonchev–Trinajstić information content (AvgIpc) is 2.85. The molecule has 3 rings (SSSR count). The van der Waals surface area contributed by atoms with Gasteiger partial charge in [0.05, 0.1) is 6.61 Å². The van der Waals surface area contributed by atoms with Crippen LogP contribution in [0.1, 0.15) is 42.5 Å². The number of nitrogens with zero attached hydrogens (tertiary/aromatic N) is 1. The lowest BCUT2D eigenvalue weighted by molar-refractivity contribution is -0.143. The summed E-state index contributed by atoms with van der Waals surface area (Å²) in [4.78, 5) is 25.4. The highest BCUT2D eigenvalue weighted by molar-refractivity contribution is 5.97. The molecule has 1 aromatic carbocycles. The third kappa shape index (κ3) is 2.81. The Labute approximate surface area is 131 Å². The molecule has 124 valence electrons. The smallest absolute Gasteiger partial charge is 0.328 e. The maximum absolute atomic E-state index is 13.4. The molecule has 1 saturated carbocycles. The predicted octanol–water partition coefficient (Wildman–Crippen LogP) is 2.55. The van der Waals surface area contributed by atoms with Crippen LogP contribution in [0.25, 0.3) is 0 Å². The van der Waals surface area contributed by atoms with Gasteiger partial charge in [-0.1, -0.05) is 6.42 Å². The number of hydrogen-bond donors (Lipinski definition) is 1. The fourth-order valence-corrected chi connectivity index (χ4v) is 3.48. The van der Waals surface area contributed by atoms with Crippen molar-refractivity contribution in [1.29, 1.82) is 0 Å². The Morgan fingerprint density at radius 1 is 1.13 bits per heavy atom. The average molecular weight is 325 g/mol. The summed E-state index contributed by atoms with van der Waals surface area (Å²) in [6.45, 7) is -0.112. The normalized spacial score (nSPS) is 23.2. The minimum atomic E-state index is -1.18. The van der Waals surface area contributed by atoms with Crippen LogP contribution in [0.4, 0.5) is 8.78 Å². The van der Waals surface area contributed by atoms with E-state index in [1.165, 1.54) is 4.90 Å². The number of carboxylic acids is 1. The van der Waals surface area contributed by atoms with Gasteiger partial charge < -0.3 is 9.84 Å². The van der Waals surface area contributed by atoms with Crippen LogP contribution in [0, 0.1) is 11.6 Å². The van der Waals surface area contributed by atoms with Crippen LogP contribution in [0.2, 0.25) is 0 Å². The van der Waals surface area contributed by atoms with E-state index in [0.717, 1.165) is 31.4 Å². The first-order valence-corrected chi connectivity index (χ1v) is 7.59. The molecule has 23 heavy (non-hydrogen) atoms. The topological polar surface area (TPSA) is 66.8 Å². The van der Waals surface area contributed by atoms with Crippen LogP contribution < -0.4 is 0 Å². The van der Waals surface area contributed by atoms with E-state index in [4.69, 9.17) is 4.74 Å². The van der Waals surface area contributed by atoms with E-state index in [1.807, 2.05) is 0 Å². The Balaban J connectivity index is 2.00.